The van der Waals surface area contributed by atoms with Gasteiger partial charge in [-0.3, -0.25) is 0 Å². The molecule has 4 heteroatoms. The quantitative estimate of drug-likeness (QED) is 0.692. The number of alkyl halides is 1. The summed E-state index contributed by atoms with van der Waals surface area (Å²) in [5, 5.41) is 0.719. The molecule has 0 amide bonds. The molecule has 0 aliphatic carbocycles. The number of fused-ring (bicyclic) bond motifs is 1. The molecule has 2 rings (SSSR count). The lowest BCUT2D eigenvalue weighted by atomic mass is 10.1. The van der Waals surface area contributed by atoms with E-state index in [4.69, 9.17) is 23.2 Å². The van der Waals surface area contributed by atoms with E-state index < -0.39 is 0 Å². The maximum atomic E-state index is 6.03. The number of hydrogen-bond donors (Lipinski definition) is 0. The van der Waals surface area contributed by atoms with E-state index in [1.165, 1.54) is 0 Å². The van der Waals surface area contributed by atoms with Crippen molar-refractivity contribution in [3.63, 3.8) is 0 Å². The highest BCUT2D eigenvalue weighted by atomic mass is 35.5. The minimum atomic E-state index is 0.437. The summed E-state index contributed by atoms with van der Waals surface area (Å²) in [6.45, 7) is 4.42. The summed E-state index contributed by atoms with van der Waals surface area (Å²) < 4.78 is 2.28. The van der Waals surface area contributed by atoms with Gasteiger partial charge in [0.1, 0.15) is 5.82 Å². The van der Waals surface area contributed by atoms with Crippen molar-refractivity contribution in [1.82, 2.24) is 9.55 Å². The lowest BCUT2D eigenvalue weighted by Crippen LogP contribution is -2.10. The van der Waals surface area contributed by atoms with Crippen LogP contribution in [-0.4, -0.2) is 9.55 Å². The SMILES string of the molecule is CCCC(CC)n1c(CCl)nc2cc(Cl)ccc21. The normalized spacial score (nSPS) is 13.1. The highest BCUT2D eigenvalue weighted by Gasteiger charge is 2.16. The average molecular weight is 285 g/mol. The van der Waals surface area contributed by atoms with Crippen molar-refractivity contribution >= 4 is 34.2 Å². The molecule has 0 saturated carbocycles. The Morgan fingerprint density at radius 2 is 2.11 bits per heavy atom. The van der Waals surface area contributed by atoms with Gasteiger partial charge in [-0.05, 0) is 31.0 Å². The molecule has 18 heavy (non-hydrogen) atoms. The van der Waals surface area contributed by atoms with Gasteiger partial charge in [0, 0.05) is 11.1 Å². The van der Waals surface area contributed by atoms with Gasteiger partial charge in [0.05, 0.1) is 16.9 Å². The molecule has 98 valence electrons. The highest BCUT2D eigenvalue weighted by Crippen LogP contribution is 2.28. The Kier molecular flexibility index (Phi) is 4.52. The topological polar surface area (TPSA) is 17.8 Å². The van der Waals surface area contributed by atoms with Crippen LogP contribution < -0.4 is 0 Å². The molecule has 0 bridgehead atoms. The number of imidazole rings is 1. The molecule has 0 saturated heterocycles. The fourth-order valence-electron chi connectivity index (χ4n) is 2.47. The third-order valence-electron chi connectivity index (χ3n) is 3.30. The van der Waals surface area contributed by atoms with E-state index in [0.29, 0.717) is 11.9 Å². The number of rotatable bonds is 5. The molecule has 1 unspecified atom stereocenters. The zero-order chi connectivity index (χ0) is 13.1. The lowest BCUT2D eigenvalue weighted by molar-refractivity contribution is 0.448. The molecule has 1 aromatic heterocycles. The molecule has 0 aliphatic heterocycles. The van der Waals surface area contributed by atoms with Gasteiger partial charge in [0.2, 0.25) is 0 Å². The van der Waals surface area contributed by atoms with Crippen LogP contribution in [0.4, 0.5) is 0 Å². The zero-order valence-corrected chi connectivity index (χ0v) is 12.3. The van der Waals surface area contributed by atoms with E-state index in [0.717, 1.165) is 41.1 Å². The van der Waals surface area contributed by atoms with Crippen LogP contribution in [0.25, 0.3) is 11.0 Å². The highest BCUT2D eigenvalue weighted by molar-refractivity contribution is 6.31. The van der Waals surface area contributed by atoms with Crippen molar-refractivity contribution in [3.8, 4) is 0 Å². The summed E-state index contributed by atoms with van der Waals surface area (Å²) in [4.78, 5) is 4.59. The smallest absolute Gasteiger partial charge is 0.125 e. The second-order valence-electron chi connectivity index (χ2n) is 4.52. The predicted molar refractivity (Wildman–Crippen MR) is 78.5 cm³/mol. The van der Waals surface area contributed by atoms with Crippen molar-refractivity contribution in [2.45, 2.75) is 45.0 Å². The monoisotopic (exact) mass is 284 g/mol. The van der Waals surface area contributed by atoms with Gasteiger partial charge < -0.3 is 4.57 Å². The molecular weight excluding hydrogens is 267 g/mol. The van der Waals surface area contributed by atoms with E-state index in [2.05, 4.69) is 23.4 Å². The molecule has 1 heterocycles. The predicted octanol–water partition coefficient (Wildman–Crippen LogP) is 5.18. The van der Waals surface area contributed by atoms with Gasteiger partial charge in [0.15, 0.2) is 0 Å². The summed E-state index contributed by atoms with van der Waals surface area (Å²) in [6.07, 6.45) is 3.40. The van der Waals surface area contributed by atoms with Crippen LogP contribution in [0, 0.1) is 0 Å². The summed E-state index contributed by atoms with van der Waals surface area (Å²) in [7, 11) is 0. The Balaban J connectivity index is 2.58. The fraction of sp³-hybridized carbons (Fsp3) is 0.500. The van der Waals surface area contributed by atoms with E-state index in [-0.39, 0.29) is 0 Å². The maximum Gasteiger partial charge on any atom is 0.125 e. The minimum Gasteiger partial charge on any atom is -0.324 e. The Labute approximate surface area is 118 Å². The molecule has 2 nitrogen and oxygen atoms in total. The number of benzene rings is 1. The molecule has 1 aromatic carbocycles. The van der Waals surface area contributed by atoms with Crippen molar-refractivity contribution in [1.29, 1.82) is 0 Å². The number of hydrogen-bond acceptors (Lipinski definition) is 1. The number of halogens is 2. The van der Waals surface area contributed by atoms with Gasteiger partial charge in [0.25, 0.3) is 0 Å². The van der Waals surface area contributed by atoms with Crippen molar-refractivity contribution in [2.75, 3.05) is 0 Å². The van der Waals surface area contributed by atoms with Crippen molar-refractivity contribution in [2.24, 2.45) is 0 Å². The summed E-state index contributed by atoms with van der Waals surface area (Å²) in [5.41, 5.74) is 2.07. The second kappa shape index (κ2) is 5.94. The fourth-order valence-corrected chi connectivity index (χ4v) is 2.83. The van der Waals surface area contributed by atoms with E-state index >= 15 is 0 Å². The summed E-state index contributed by atoms with van der Waals surface area (Å²) >= 11 is 12.0. The van der Waals surface area contributed by atoms with Gasteiger partial charge in [-0.1, -0.05) is 31.9 Å². The summed E-state index contributed by atoms with van der Waals surface area (Å²) in [6, 6.07) is 6.33. The van der Waals surface area contributed by atoms with Crippen LogP contribution in [-0.2, 0) is 5.88 Å². The van der Waals surface area contributed by atoms with Crippen LogP contribution in [0.15, 0.2) is 18.2 Å². The molecular formula is C14H18Cl2N2. The second-order valence-corrected chi connectivity index (χ2v) is 5.22. The van der Waals surface area contributed by atoms with Gasteiger partial charge in [-0.2, -0.15) is 0 Å². The molecule has 0 spiro atoms. The largest absolute Gasteiger partial charge is 0.324 e. The first-order valence-corrected chi connectivity index (χ1v) is 7.34. The lowest BCUT2D eigenvalue weighted by Gasteiger charge is -2.19. The number of aromatic nitrogens is 2. The third kappa shape index (κ3) is 2.50. The van der Waals surface area contributed by atoms with Crippen LogP contribution in [0.2, 0.25) is 5.02 Å². The Morgan fingerprint density at radius 1 is 1.33 bits per heavy atom. The first-order chi connectivity index (χ1) is 8.71. The summed E-state index contributed by atoms with van der Waals surface area (Å²) in [5.74, 6) is 1.38. The van der Waals surface area contributed by atoms with Gasteiger partial charge in [-0.15, -0.1) is 11.6 Å². The van der Waals surface area contributed by atoms with Crippen LogP contribution in [0.1, 0.15) is 45.0 Å². The van der Waals surface area contributed by atoms with E-state index in [9.17, 15) is 0 Å². The first kappa shape index (κ1) is 13.7. The van der Waals surface area contributed by atoms with Crippen molar-refractivity contribution < 1.29 is 0 Å². The average Bonchev–Trinajstić information content (AvgIpc) is 2.73. The molecule has 0 N–H and O–H groups in total. The molecule has 1 atom stereocenters. The molecule has 0 fully saturated rings. The van der Waals surface area contributed by atoms with E-state index in [1.807, 2.05) is 18.2 Å². The minimum absolute atomic E-state index is 0.437. The van der Waals surface area contributed by atoms with Crippen LogP contribution in [0.3, 0.4) is 0 Å². The Hall–Kier alpha value is -0.730. The zero-order valence-electron chi connectivity index (χ0n) is 10.8. The van der Waals surface area contributed by atoms with Crippen LogP contribution in [0.5, 0.6) is 0 Å². The Bertz CT molecular complexity index is 534. The molecule has 0 radical (unpaired) electrons. The number of nitrogens with zero attached hydrogens (tertiary/aromatic N) is 2. The molecule has 0 aliphatic rings. The molecule has 2 aromatic rings. The van der Waals surface area contributed by atoms with E-state index in [1.54, 1.807) is 0 Å². The standard InChI is InChI=1S/C14H18Cl2N2/c1-3-5-11(4-2)18-13-7-6-10(16)8-12(13)17-14(18)9-15/h6-8,11H,3-5,9H2,1-2H3. The van der Waals surface area contributed by atoms with Crippen molar-refractivity contribution in [3.05, 3.63) is 29.0 Å². The first-order valence-electron chi connectivity index (χ1n) is 6.43. The van der Waals surface area contributed by atoms with Crippen LogP contribution >= 0.6 is 23.2 Å². The third-order valence-corrected chi connectivity index (χ3v) is 3.78. The van der Waals surface area contributed by atoms with Gasteiger partial charge >= 0.3 is 0 Å². The van der Waals surface area contributed by atoms with Gasteiger partial charge in [-0.25, -0.2) is 4.98 Å². The Morgan fingerprint density at radius 3 is 2.72 bits per heavy atom. The maximum absolute atomic E-state index is 6.03.